The lowest BCUT2D eigenvalue weighted by molar-refractivity contribution is 0.205. The Hall–Kier alpha value is -2.14. The molecule has 0 aliphatic carbocycles. The fraction of sp³-hybridized carbons (Fsp3) is 0.333. The molecule has 1 aromatic carbocycles. The van der Waals surface area contributed by atoms with Gasteiger partial charge in [0.15, 0.2) is 11.6 Å². The molecule has 0 saturated heterocycles. The molecule has 0 fully saturated rings. The Labute approximate surface area is 118 Å². The van der Waals surface area contributed by atoms with Crippen LogP contribution in [-0.2, 0) is 11.2 Å². The summed E-state index contributed by atoms with van der Waals surface area (Å²) < 4.78 is 5.34. The molecule has 1 aliphatic heterocycles. The third-order valence-corrected chi connectivity index (χ3v) is 3.59. The second kappa shape index (κ2) is 5.09. The average molecular weight is 270 g/mol. The largest absolute Gasteiger partial charge is 0.364 e. The molecule has 0 bridgehead atoms. The maximum Gasteiger partial charge on any atom is 0.178 e. The molecule has 5 nitrogen and oxygen atoms in total. The van der Waals surface area contributed by atoms with E-state index in [4.69, 9.17) is 4.74 Å². The number of methoxy groups -OCH3 is 1. The van der Waals surface area contributed by atoms with E-state index in [2.05, 4.69) is 44.9 Å². The van der Waals surface area contributed by atoms with Crippen LogP contribution >= 0.6 is 0 Å². The van der Waals surface area contributed by atoms with Gasteiger partial charge in [0.1, 0.15) is 6.73 Å². The van der Waals surface area contributed by atoms with Crippen LogP contribution in [0.1, 0.15) is 12.5 Å². The van der Waals surface area contributed by atoms with Crippen molar-refractivity contribution >= 4 is 23.0 Å². The summed E-state index contributed by atoms with van der Waals surface area (Å²) in [5.41, 5.74) is 3.53. The fourth-order valence-corrected chi connectivity index (χ4v) is 2.53. The molecule has 0 unspecified atom stereocenters. The Morgan fingerprint density at radius 3 is 2.55 bits per heavy atom. The Morgan fingerprint density at radius 1 is 1.10 bits per heavy atom. The van der Waals surface area contributed by atoms with E-state index in [0.717, 1.165) is 29.4 Å². The van der Waals surface area contributed by atoms with Crippen LogP contribution in [0.4, 0.5) is 23.0 Å². The van der Waals surface area contributed by atoms with Gasteiger partial charge in [-0.3, -0.25) is 4.90 Å². The highest BCUT2D eigenvalue weighted by atomic mass is 16.5. The first-order chi connectivity index (χ1) is 9.76. The van der Waals surface area contributed by atoms with Crippen LogP contribution in [0.2, 0.25) is 0 Å². The number of nitrogens with zero attached hydrogens (tertiary/aromatic N) is 4. The maximum absolute atomic E-state index is 5.34. The third kappa shape index (κ3) is 1.91. The lowest BCUT2D eigenvalue weighted by Crippen LogP contribution is -2.30. The summed E-state index contributed by atoms with van der Waals surface area (Å²) >= 11 is 0. The van der Waals surface area contributed by atoms with Crippen molar-refractivity contribution in [2.45, 2.75) is 13.3 Å². The number of aryl methyl sites for hydroxylation is 1. The molecular weight excluding hydrogens is 252 g/mol. The van der Waals surface area contributed by atoms with Crippen molar-refractivity contribution in [3.05, 3.63) is 36.2 Å². The first-order valence-electron chi connectivity index (χ1n) is 6.70. The van der Waals surface area contributed by atoms with Gasteiger partial charge in [0.25, 0.3) is 0 Å². The van der Waals surface area contributed by atoms with Gasteiger partial charge in [-0.2, -0.15) is 0 Å². The summed E-state index contributed by atoms with van der Waals surface area (Å²) in [5, 5.41) is 0. The molecule has 5 heteroatoms. The first-order valence-corrected chi connectivity index (χ1v) is 6.70. The molecule has 2 heterocycles. The highest BCUT2D eigenvalue weighted by Crippen LogP contribution is 2.44. The summed E-state index contributed by atoms with van der Waals surface area (Å²) in [4.78, 5) is 13.0. The van der Waals surface area contributed by atoms with Crippen LogP contribution in [0, 0.1) is 0 Å². The van der Waals surface area contributed by atoms with Gasteiger partial charge in [-0.1, -0.05) is 13.0 Å². The zero-order valence-corrected chi connectivity index (χ0v) is 12.0. The van der Waals surface area contributed by atoms with Crippen molar-refractivity contribution in [2.24, 2.45) is 0 Å². The van der Waals surface area contributed by atoms with E-state index in [1.54, 1.807) is 19.5 Å². The number of ether oxygens (including phenoxy) is 1. The van der Waals surface area contributed by atoms with E-state index in [1.807, 2.05) is 7.05 Å². The van der Waals surface area contributed by atoms with Crippen LogP contribution in [0.3, 0.4) is 0 Å². The van der Waals surface area contributed by atoms with Gasteiger partial charge in [0.2, 0.25) is 0 Å². The topological polar surface area (TPSA) is 41.5 Å². The fourth-order valence-electron chi connectivity index (χ4n) is 2.53. The Balaban J connectivity index is 2.18. The van der Waals surface area contributed by atoms with Gasteiger partial charge in [-0.25, -0.2) is 9.97 Å². The lowest BCUT2D eigenvalue weighted by Gasteiger charge is -2.36. The van der Waals surface area contributed by atoms with Gasteiger partial charge in [0, 0.05) is 26.6 Å². The van der Waals surface area contributed by atoms with Crippen LogP contribution in [0.15, 0.2) is 30.6 Å². The Morgan fingerprint density at radius 2 is 1.85 bits per heavy atom. The Bertz CT molecular complexity index is 629. The van der Waals surface area contributed by atoms with Gasteiger partial charge in [0.05, 0.1) is 11.4 Å². The van der Waals surface area contributed by atoms with E-state index in [0.29, 0.717) is 6.73 Å². The van der Waals surface area contributed by atoms with E-state index >= 15 is 0 Å². The summed E-state index contributed by atoms with van der Waals surface area (Å²) in [7, 11) is 3.71. The second-order valence-electron chi connectivity index (χ2n) is 4.78. The molecule has 0 saturated carbocycles. The van der Waals surface area contributed by atoms with Gasteiger partial charge in [-0.15, -0.1) is 0 Å². The van der Waals surface area contributed by atoms with Gasteiger partial charge < -0.3 is 9.64 Å². The molecule has 20 heavy (non-hydrogen) atoms. The predicted molar refractivity (Wildman–Crippen MR) is 79.9 cm³/mol. The molecule has 3 rings (SSSR count). The van der Waals surface area contributed by atoms with Crippen molar-refractivity contribution in [3.8, 4) is 0 Å². The molecule has 0 radical (unpaired) electrons. The minimum Gasteiger partial charge on any atom is -0.364 e. The third-order valence-electron chi connectivity index (χ3n) is 3.59. The average Bonchev–Trinajstić information content (AvgIpc) is 2.51. The van der Waals surface area contributed by atoms with Crippen LogP contribution in [0.25, 0.3) is 0 Å². The smallest absolute Gasteiger partial charge is 0.178 e. The zero-order valence-electron chi connectivity index (χ0n) is 12.0. The molecule has 0 amide bonds. The highest BCUT2D eigenvalue weighted by molar-refractivity contribution is 5.89. The first kappa shape index (κ1) is 12.9. The maximum atomic E-state index is 5.34. The molecule has 1 aliphatic rings. The number of anilines is 4. The second-order valence-corrected chi connectivity index (χ2v) is 4.78. The van der Waals surface area contributed by atoms with E-state index < -0.39 is 0 Å². The number of fused-ring (bicyclic) bond motifs is 2. The van der Waals surface area contributed by atoms with E-state index in [1.165, 1.54) is 5.56 Å². The molecule has 2 aromatic rings. The molecule has 0 spiro atoms. The van der Waals surface area contributed by atoms with Crippen molar-refractivity contribution in [1.29, 1.82) is 0 Å². The highest BCUT2D eigenvalue weighted by Gasteiger charge is 2.28. The van der Waals surface area contributed by atoms with Crippen molar-refractivity contribution in [3.63, 3.8) is 0 Å². The van der Waals surface area contributed by atoms with Crippen molar-refractivity contribution in [2.75, 3.05) is 30.7 Å². The number of aromatic nitrogens is 2. The minimum absolute atomic E-state index is 0.458. The number of hydrogen-bond acceptors (Lipinski definition) is 5. The summed E-state index contributed by atoms with van der Waals surface area (Å²) in [5.74, 6) is 1.68. The summed E-state index contributed by atoms with van der Waals surface area (Å²) in [6.07, 6.45) is 4.43. The molecule has 1 aromatic heterocycles. The molecule has 0 atom stereocenters. The summed E-state index contributed by atoms with van der Waals surface area (Å²) in [6.45, 7) is 2.61. The molecular formula is C15H18N4O. The number of hydrogen-bond donors (Lipinski definition) is 0. The van der Waals surface area contributed by atoms with Crippen molar-refractivity contribution < 1.29 is 4.74 Å². The minimum atomic E-state index is 0.458. The SMILES string of the molecule is CCc1ccc2c(c1)N(COC)c1nccnc1N2C. The van der Waals surface area contributed by atoms with E-state index in [-0.39, 0.29) is 0 Å². The predicted octanol–water partition coefficient (Wildman–Crippen LogP) is 2.86. The standard InChI is InChI=1S/C15H18N4O/c1-4-11-5-6-12-13(9-11)19(10-20-3)15-14(18(12)2)16-7-8-17-15/h5-9H,4,10H2,1-3H3. The van der Waals surface area contributed by atoms with Gasteiger partial charge >= 0.3 is 0 Å². The van der Waals surface area contributed by atoms with E-state index in [9.17, 15) is 0 Å². The quantitative estimate of drug-likeness (QED) is 0.858. The number of rotatable bonds is 3. The van der Waals surface area contributed by atoms with Crippen molar-refractivity contribution in [1.82, 2.24) is 9.97 Å². The van der Waals surface area contributed by atoms with Crippen LogP contribution in [-0.4, -0.2) is 30.9 Å². The number of benzene rings is 1. The molecule has 0 N–H and O–H groups in total. The lowest BCUT2D eigenvalue weighted by atomic mass is 10.1. The normalized spacial score (nSPS) is 13.2. The monoisotopic (exact) mass is 270 g/mol. The summed E-state index contributed by atoms with van der Waals surface area (Å²) in [6, 6.07) is 6.48. The zero-order chi connectivity index (χ0) is 14.1. The van der Waals surface area contributed by atoms with Crippen LogP contribution in [0.5, 0.6) is 0 Å². The Kier molecular flexibility index (Phi) is 3.28. The molecule has 104 valence electrons. The van der Waals surface area contributed by atoms with Crippen LogP contribution < -0.4 is 9.80 Å². The van der Waals surface area contributed by atoms with Gasteiger partial charge in [-0.05, 0) is 24.1 Å².